The van der Waals surface area contributed by atoms with Crippen molar-refractivity contribution in [3.05, 3.63) is 22.4 Å². The molecule has 0 atom stereocenters. The average Bonchev–Trinajstić information content (AvgIpc) is 2.55. The smallest absolute Gasteiger partial charge is 0.101 e. The van der Waals surface area contributed by atoms with Crippen molar-refractivity contribution in [2.75, 3.05) is 26.7 Å². The van der Waals surface area contributed by atoms with E-state index in [1.165, 1.54) is 49.8 Å². The Morgan fingerprint density at radius 3 is 2.64 bits per heavy atom. The van der Waals surface area contributed by atoms with Crippen molar-refractivity contribution in [2.24, 2.45) is 5.92 Å². The third-order valence-corrected chi connectivity index (χ3v) is 5.31. The van der Waals surface area contributed by atoms with Crippen LogP contribution in [0.3, 0.4) is 0 Å². The van der Waals surface area contributed by atoms with E-state index in [0.717, 1.165) is 43.1 Å². The van der Waals surface area contributed by atoms with Crippen LogP contribution in [0.25, 0.3) is 0 Å². The molecule has 1 heterocycles. The molecule has 122 valence electrons. The van der Waals surface area contributed by atoms with Crippen LogP contribution in [0.1, 0.15) is 58.8 Å². The van der Waals surface area contributed by atoms with Crippen LogP contribution in [0.2, 0.25) is 0 Å². The van der Waals surface area contributed by atoms with E-state index in [-0.39, 0.29) is 0 Å². The standard InChI is InChI=1S/C19H31N3/c1-4-19(21-3)17(12-20)18-14-22(11-10-15(18)2)13-16-8-6-5-7-9-16/h16,21H,4-11,13-14H2,1-3H3/b19-17+. The molecular formula is C19H31N3. The molecule has 2 rings (SSSR count). The fourth-order valence-corrected chi connectivity index (χ4v) is 3.89. The van der Waals surface area contributed by atoms with Gasteiger partial charge in [-0.2, -0.15) is 5.26 Å². The molecule has 1 N–H and O–H groups in total. The second-order valence-electron chi connectivity index (χ2n) is 6.82. The van der Waals surface area contributed by atoms with Crippen LogP contribution in [0.5, 0.6) is 0 Å². The Morgan fingerprint density at radius 1 is 1.32 bits per heavy atom. The molecule has 0 aromatic heterocycles. The van der Waals surface area contributed by atoms with Crippen molar-refractivity contribution in [3.63, 3.8) is 0 Å². The molecule has 0 amide bonds. The van der Waals surface area contributed by atoms with Gasteiger partial charge in [0.25, 0.3) is 0 Å². The summed E-state index contributed by atoms with van der Waals surface area (Å²) in [6, 6.07) is 2.46. The summed E-state index contributed by atoms with van der Waals surface area (Å²) in [4.78, 5) is 2.58. The molecule has 1 aliphatic carbocycles. The van der Waals surface area contributed by atoms with Crippen LogP contribution in [0.4, 0.5) is 0 Å². The summed E-state index contributed by atoms with van der Waals surface area (Å²) < 4.78 is 0. The van der Waals surface area contributed by atoms with Crippen molar-refractivity contribution in [1.82, 2.24) is 10.2 Å². The van der Waals surface area contributed by atoms with Crippen LogP contribution in [0.15, 0.2) is 22.4 Å². The van der Waals surface area contributed by atoms with Crippen LogP contribution >= 0.6 is 0 Å². The molecule has 0 unspecified atom stereocenters. The Bertz CT molecular complexity index is 469. The van der Waals surface area contributed by atoms with Gasteiger partial charge in [0.05, 0.1) is 5.57 Å². The molecule has 3 heteroatoms. The molecule has 0 bridgehead atoms. The van der Waals surface area contributed by atoms with E-state index in [9.17, 15) is 5.26 Å². The lowest BCUT2D eigenvalue weighted by atomic mass is 9.87. The third-order valence-electron chi connectivity index (χ3n) is 5.31. The van der Waals surface area contributed by atoms with Crippen LogP contribution in [0, 0.1) is 17.2 Å². The van der Waals surface area contributed by atoms with Gasteiger partial charge < -0.3 is 5.32 Å². The number of nitrogens with zero attached hydrogens (tertiary/aromatic N) is 2. The normalized spacial score (nSPS) is 22.3. The summed E-state index contributed by atoms with van der Waals surface area (Å²) in [5.41, 5.74) is 4.64. The molecule has 0 radical (unpaired) electrons. The largest absolute Gasteiger partial charge is 0.390 e. The zero-order valence-corrected chi connectivity index (χ0v) is 14.5. The quantitative estimate of drug-likeness (QED) is 0.780. The number of allylic oxidation sites excluding steroid dienone is 1. The topological polar surface area (TPSA) is 39.1 Å². The highest BCUT2D eigenvalue weighted by molar-refractivity contribution is 5.48. The number of nitriles is 1. The number of rotatable bonds is 5. The molecule has 22 heavy (non-hydrogen) atoms. The number of hydrogen-bond donors (Lipinski definition) is 1. The highest BCUT2D eigenvalue weighted by Gasteiger charge is 2.24. The van der Waals surface area contributed by atoms with E-state index >= 15 is 0 Å². The molecule has 3 nitrogen and oxygen atoms in total. The van der Waals surface area contributed by atoms with Crippen molar-refractivity contribution >= 4 is 0 Å². The minimum absolute atomic E-state index is 0.873. The van der Waals surface area contributed by atoms with Gasteiger partial charge in [-0.3, -0.25) is 4.90 Å². The van der Waals surface area contributed by atoms with E-state index in [1.807, 2.05) is 7.05 Å². The first-order valence-electron chi connectivity index (χ1n) is 8.91. The molecule has 0 aromatic rings. The third kappa shape index (κ3) is 4.14. The van der Waals surface area contributed by atoms with Gasteiger partial charge in [0.15, 0.2) is 0 Å². The predicted octanol–water partition coefficient (Wildman–Crippen LogP) is 4.00. The second-order valence-corrected chi connectivity index (χ2v) is 6.82. The fraction of sp³-hybridized carbons (Fsp3) is 0.737. The van der Waals surface area contributed by atoms with E-state index in [1.54, 1.807) is 0 Å². The Labute approximate surface area is 136 Å². The minimum Gasteiger partial charge on any atom is -0.390 e. The summed E-state index contributed by atoms with van der Waals surface area (Å²) >= 11 is 0. The SMILES string of the molecule is CC/C(NC)=C(/C#N)C1=C(C)CCN(CC2CCCCC2)C1. The van der Waals surface area contributed by atoms with Gasteiger partial charge in [-0.1, -0.05) is 31.8 Å². The van der Waals surface area contributed by atoms with Gasteiger partial charge in [-0.25, -0.2) is 0 Å². The van der Waals surface area contributed by atoms with Crippen LogP contribution < -0.4 is 5.32 Å². The number of nitrogens with one attached hydrogen (secondary N) is 1. The summed E-state index contributed by atoms with van der Waals surface area (Å²) in [6.07, 6.45) is 9.02. The van der Waals surface area contributed by atoms with Crippen LogP contribution in [-0.2, 0) is 0 Å². The van der Waals surface area contributed by atoms with Crippen molar-refractivity contribution in [3.8, 4) is 6.07 Å². The zero-order valence-electron chi connectivity index (χ0n) is 14.5. The molecule has 0 spiro atoms. The van der Waals surface area contributed by atoms with E-state index in [0.29, 0.717) is 0 Å². The minimum atomic E-state index is 0.873. The van der Waals surface area contributed by atoms with Crippen molar-refractivity contribution in [1.29, 1.82) is 5.26 Å². The van der Waals surface area contributed by atoms with Crippen molar-refractivity contribution < 1.29 is 0 Å². The highest BCUT2D eigenvalue weighted by atomic mass is 15.1. The monoisotopic (exact) mass is 301 g/mol. The first-order chi connectivity index (χ1) is 10.7. The molecule has 1 saturated carbocycles. The first kappa shape index (κ1) is 17.1. The summed E-state index contributed by atoms with van der Waals surface area (Å²) in [5.74, 6) is 0.873. The van der Waals surface area contributed by atoms with E-state index in [4.69, 9.17) is 0 Å². The Balaban J connectivity index is 2.10. The maximum atomic E-state index is 9.64. The fourth-order valence-electron chi connectivity index (χ4n) is 3.89. The maximum absolute atomic E-state index is 9.64. The summed E-state index contributed by atoms with van der Waals surface area (Å²) in [5, 5.41) is 12.9. The second kappa shape index (κ2) is 8.39. The van der Waals surface area contributed by atoms with Gasteiger partial charge in [0.1, 0.15) is 6.07 Å². The molecule has 1 fully saturated rings. The molecule has 2 aliphatic rings. The van der Waals surface area contributed by atoms with Crippen LogP contribution in [-0.4, -0.2) is 31.6 Å². The molecule has 0 aromatic carbocycles. The van der Waals surface area contributed by atoms with Gasteiger partial charge in [-0.05, 0) is 44.1 Å². The average molecular weight is 301 g/mol. The van der Waals surface area contributed by atoms with Gasteiger partial charge in [-0.15, -0.1) is 0 Å². The van der Waals surface area contributed by atoms with Gasteiger partial charge >= 0.3 is 0 Å². The lowest BCUT2D eigenvalue weighted by Crippen LogP contribution is -2.36. The van der Waals surface area contributed by atoms with Crippen molar-refractivity contribution in [2.45, 2.75) is 58.8 Å². The van der Waals surface area contributed by atoms with Gasteiger partial charge in [0.2, 0.25) is 0 Å². The Kier molecular flexibility index (Phi) is 6.51. The first-order valence-corrected chi connectivity index (χ1v) is 8.91. The summed E-state index contributed by atoms with van der Waals surface area (Å²) in [7, 11) is 1.93. The molecular weight excluding hydrogens is 270 g/mol. The zero-order chi connectivity index (χ0) is 15.9. The van der Waals surface area contributed by atoms with Gasteiger partial charge in [0, 0.05) is 32.4 Å². The lowest BCUT2D eigenvalue weighted by molar-refractivity contribution is 0.208. The van der Waals surface area contributed by atoms with E-state index < -0.39 is 0 Å². The Hall–Kier alpha value is -1.27. The maximum Gasteiger partial charge on any atom is 0.101 e. The number of hydrogen-bond acceptors (Lipinski definition) is 3. The molecule has 1 aliphatic heterocycles. The predicted molar refractivity (Wildman–Crippen MR) is 92.3 cm³/mol. The molecule has 0 saturated heterocycles. The summed E-state index contributed by atoms with van der Waals surface area (Å²) in [6.45, 7) is 7.65. The lowest BCUT2D eigenvalue weighted by Gasteiger charge is -2.34. The van der Waals surface area contributed by atoms with E-state index in [2.05, 4.69) is 30.1 Å². The highest BCUT2D eigenvalue weighted by Crippen LogP contribution is 2.29. The Morgan fingerprint density at radius 2 is 2.05 bits per heavy atom.